The molecule has 0 radical (unpaired) electrons. The second-order valence-electron chi connectivity index (χ2n) is 6.97. The molecule has 0 unspecified atom stereocenters. The summed E-state index contributed by atoms with van der Waals surface area (Å²) in [4.78, 5) is 18.3. The van der Waals surface area contributed by atoms with E-state index in [0.29, 0.717) is 5.19 Å². The molecule has 1 fully saturated rings. The highest BCUT2D eigenvalue weighted by molar-refractivity contribution is 7.20. The van der Waals surface area contributed by atoms with Gasteiger partial charge in [0.05, 0.1) is 10.2 Å². The maximum atomic E-state index is 11.4. The fraction of sp³-hybridized carbons (Fsp3) is 0.333. The van der Waals surface area contributed by atoms with Gasteiger partial charge < -0.3 is 15.4 Å². The van der Waals surface area contributed by atoms with Gasteiger partial charge in [0.1, 0.15) is 5.75 Å². The Hall–Kier alpha value is -2.64. The van der Waals surface area contributed by atoms with Crippen LogP contribution < -0.4 is 15.4 Å². The normalized spacial score (nSPS) is 15.5. The summed E-state index contributed by atoms with van der Waals surface area (Å²) in [6, 6.07) is 16.4. The highest BCUT2D eigenvalue weighted by Gasteiger charge is 2.20. The van der Waals surface area contributed by atoms with Crippen molar-refractivity contribution >= 4 is 27.6 Å². The van der Waals surface area contributed by atoms with Crippen molar-refractivity contribution in [3.8, 4) is 10.9 Å². The van der Waals surface area contributed by atoms with Crippen LogP contribution in [0.3, 0.4) is 0 Å². The van der Waals surface area contributed by atoms with Crippen LogP contribution in [0.5, 0.6) is 10.9 Å². The number of rotatable bonds is 5. The maximum Gasteiger partial charge on any atom is 0.314 e. The van der Waals surface area contributed by atoms with Crippen LogP contribution in [0.15, 0.2) is 48.5 Å². The maximum absolute atomic E-state index is 11.4. The third-order valence-electron chi connectivity index (χ3n) is 4.96. The highest BCUT2D eigenvalue weighted by Crippen LogP contribution is 2.31. The Balaban J connectivity index is 1.29. The molecule has 6 nitrogen and oxygen atoms in total. The molecule has 2 aromatic carbocycles. The minimum atomic E-state index is -0.0952. The van der Waals surface area contributed by atoms with E-state index in [2.05, 4.69) is 38.7 Å². The van der Waals surface area contributed by atoms with Crippen LogP contribution in [0.1, 0.15) is 18.4 Å². The molecule has 4 rings (SSSR count). The number of nitrogens with zero attached hydrogens (tertiary/aromatic N) is 2. The fourth-order valence-electron chi connectivity index (χ4n) is 3.41. The Morgan fingerprint density at radius 1 is 1.18 bits per heavy atom. The van der Waals surface area contributed by atoms with E-state index in [4.69, 9.17) is 4.74 Å². The molecule has 28 heavy (non-hydrogen) atoms. The van der Waals surface area contributed by atoms with Crippen molar-refractivity contribution in [2.45, 2.75) is 25.4 Å². The van der Waals surface area contributed by atoms with Crippen LogP contribution in [-0.2, 0) is 6.54 Å². The first-order valence-electron chi connectivity index (χ1n) is 9.52. The van der Waals surface area contributed by atoms with Crippen LogP contribution in [0.4, 0.5) is 4.79 Å². The van der Waals surface area contributed by atoms with Crippen LogP contribution >= 0.6 is 11.3 Å². The molecule has 0 spiro atoms. The Bertz CT molecular complexity index is 900. The number of benzene rings is 2. The van der Waals surface area contributed by atoms with E-state index < -0.39 is 0 Å². The molecule has 1 aromatic heterocycles. The van der Waals surface area contributed by atoms with Gasteiger partial charge in [-0.15, -0.1) is 0 Å². The molecule has 1 aliphatic rings. The topological polar surface area (TPSA) is 66.5 Å². The number of carbonyl (C=O) groups excluding carboxylic acids is 1. The molecule has 146 valence electrons. The molecular weight excluding hydrogens is 372 g/mol. The van der Waals surface area contributed by atoms with E-state index >= 15 is 0 Å². The first-order chi connectivity index (χ1) is 13.7. The number of para-hydroxylation sites is 1. The first kappa shape index (κ1) is 18.7. The second kappa shape index (κ2) is 8.58. The summed E-state index contributed by atoms with van der Waals surface area (Å²) in [5.74, 6) is 0.802. The molecule has 0 saturated carbocycles. The molecule has 7 heteroatoms. The molecule has 1 saturated heterocycles. The zero-order chi connectivity index (χ0) is 19.3. The summed E-state index contributed by atoms with van der Waals surface area (Å²) in [7, 11) is 1.65. The van der Waals surface area contributed by atoms with Crippen molar-refractivity contribution in [1.29, 1.82) is 0 Å². The standard InChI is InChI=1S/C21H24N4O2S/c1-22-20(26)23-16-10-12-25(13-11-16)14-15-6-8-17(9-7-15)27-21-24-18-4-2-3-5-19(18)28-21/h2-9,16H,10-14H2,1H3,(H2,22,23,26). The molecule has 0 atom stereocenters. The number of hydrogen-bond donors (Lipinski definition) is 2. The predicted octanol–water partition coefficient (Wildman–Crippen LogP) is 3.98. The lowest BCUT2D eigenvalue weighted by atomic mass is 10.0. The number of aromatic nitrogens is 1. The van der Waals surface area contributed by atoms with Crippen LogP contribution in [0.25, 0.3) is 10.2 Å². The average Bonchev–Trinajstić information content (AvgIpc) is 3.13. The zero-order valence-corrected chi connectivity index (χ0v) is 16.7. The number of amides is 2. The smallest absolute Gasteiger partial charge is 0.314 e. The molecular formula is C21H24N4O2S. The molecule has 2 N–H and O–H groups in total. The van der Waals surface area contributed by atoms with Gasteiger partial charge in [-0.25, -0.2) is 9.78 Å². The van der Waals surface area contributed by atoms with Gasteiger partial charge in [0.2, 0.25) is 0 Å². The van der Waals surface area contributed by atoms with Gasteiger partial charge in [-0.2, -0.15) is 0 Å². The van der Waals surface area contributed by atoms with E-state index in [1.807, 2.05) is 30.3 Å². The summed E-state index contributed by atoms with van der Waals surface area (Å²) in [5.41, 5.74) is 2.22. The Labute approximate surface area is 168 Å². The molecule has 3 aromatic rings. The summed E-state index contributed by atoms with van der Waals surface area (Å²) >= 11 is 1.55. The summed E-state index contributed by atoms with van der Waals surface area (Å²) in [6.45, 7) is 2.88. The predicted molar refractivity (Wildman–Crippen MR) is 112 cm³/mol. The van der Waals surface area contributed by atoms with Gasteiger partial charge in [0, 0.05) is 32.7 Å². The number of ether oxygens (including phenoxy) is 1. The highest BCUT2D eigenvalue weighted by atomic mass is 32.1. The van der Waals surface area contributed by atoms with E-state index in [1.54, 1.807) is 18.4 Å². The third-order valence-corrected chi connectivity index (χ3v) is 5.87. The van der Waals surface area contributed by atoms with Gasteiger partial charge in [-0.3, -0.25) is 4.90 Å². The second-order valence-corrected chi connectivity index (χ2v) is 7.96. The van der Waals surface area contributed by atoms with E-state index in [1.165, 1.54) is 5.56 Å². The van der Waals surface area contributed by atoms with Gasteiger partial charge in [-0.05, 0) is 42.7 Å². The zero-order valence-electron chi connectivity index (χ0n) is 15.9. The third kappa shape index (κ3) is 4.61. The fourth-order valence-corrected chi connectivity index (χ4v) is 4.24. The quantitative estimate of drug-likeness (QED) is 0.685. The first-order valence-corrected chi connectivity index (χ1v) is 10.3. The number of thiazole rings is 1. The Morgan fingerprint density at radius 2 is 1.93 bits per heavy atom. The number of piperidine rings is 1. The largest absolute Gasteiger partial charge is 0.431 e. The van der Waals surface area contributed by atoms with Crippen LogP contribution in [-0.4, -0.2) is 42.1 Å². The number of fused-ring (bicyclic) bond motifs is 1. The minimum Gasteiger partial charge on any atom is -0.431 e. The van der Waals surface area contributed by atoms with Crippen molar-refractivity contribution in [1.82, 2.24) is 20.5 Å². The number of carbonyl (C=O) groups is 1. The molecule has 1 aliphatic heterocycles. The van der Waals surface area contributed by atoms with Gasteiger partial charge in [0.25, 0.3) is 5.19 Å². The number of nitrogens with one attached hydrogen (secondary N) is 2. The van der Waals surface area contributed by atoms with Crippen LogP contribution in [0, 0.1) is 0 Å². The summed E-state index contributed by atoms with van der Waals surface area (Å²) in [5, 5.41) is 6.28. The van der Waals surface area contributed by atoms with Crippen LogP contribution in [0.2, 0.25) is 0 Å². The van der Waals surface area contributed by atoms with E-state index in [-0.39, 0.29) is 12.1 Å². The van der Waals surface area contributed by atoms with Crippen molar-refractivity contribution in [2.24, 2.45) is 0 Å². The number of hydrogen-bond acceptors (Lipinski definition) is 5. The lowest BCUT2D eigenvalue weighted by Crippen LogP contribution is -2.46. The molecule has 2 amide bonds. The van der Waals surface area contributed by atoms with E-state index in [0.717, 1.165) is 48.4 Å². The number of urea groups is 1. The summed E-state index contributed by atoms with van der Waals surface area (Å²) < 4.78 is 7.05. The van der Waals surface area contributed by atoms with Gasteiger partial charge in [-0.1, -0.05) is 35.6 Å². The number of likely N-dealkylation sites (tertiary alicyclic amines) is 1. The summed E-state index contributed by atoms with van der Waals surface area (Å²) in [6.07, 6.45) is 1.96. The monoisotopic (exact) mass is 396 g/mol. The lowest BCUT2D eigenvalue weighted by molar-refractivity contribution is 0.187. The average molecular weight is 397 g/mol. The Morgan fingerprint density at radius 3 is 2.64 bits per heavy atom. The van der Waals surface area contributed by atoms with Gasteiger partial charge >= 0.3 is 6.03 Å². The van der Waals surface area contributed by atoms with Crippen molar-refractivity contribution in [3.05, 3.63) is 54.1 Å². The van der Waals surface area contributed by atoms with Gasteiger partial charge in [0.15, 0.2) is 0 Å². The van der Waals surface area contributed by atoms with Crippen molar-refractivity contribution in [2.75, 3.05) is 20.1 Å². The SMILES string of the molecule is CNC(=O)NC1CCN(Cc2ccc(Oc3nc4ccccc4s3)cc2)CC1. The lowest BCUT2D eigenvalue weighted by Gasteiger charge is -2.32. The van der Waals surface area contributed by atoms with Crippen molar-refractivity contribution in [3.63, 3.8) is 0 Å². The molecule has 2 heterocycles. The van der Waals surface area contributed by atoms with Crippen molar-refractivity contribution < 1.29 is 9.53 Å². The molecule has 0 bridgehead atoms. The minimum absolute atomic E-state index is 0.0952. The Kier molecular flexibility index (Phi) is 5.73. The molecule has 0 aliphatic carbocycles. The van der Waals surface area contributed by atoms with E-state index in [9.17, 15) is 4.79 Å².